The summed E-state index contributed by atoms with van der Waals surface area (Å²) in [4.78, 5) is 0. The molecule has 0 saturated carbocycles. The van der Waals surface area contributed by atoms with Gasteiger partial charge in [0.15, 0.2) is 12.2 Å². The molecule has 0 aliphatic rings. The summed E-state index contributed by atoms with van der Waals surface area (Å²) in [5.41, 5.74) is 6.31. The number of nitrogen functional groups attached to an aromatic ring is 2. The number of alkyl halides is 6. The minimum absolute atomic E-state index is 0.00341. The first kappa shape index (κ1) is 27.7. The second-order valence-electron chi connectivity index (χ2n) is 8.80. The Morgan fingerprint density at radius 3 is 1.23 bits per heavy atom. The van der Waals surface area contributed by atoms with Crippen LogP contribution in [0.5, 0.6) is 11.5 Å². The highest BCUT2D eigenvalue weighted by Crippen LogP contribution is 2.58. The Bertz CT molecular complexity index is 1290. The Balaban J connectivity index is 2.04. The van der Waals surface area contributed by atoms with Gasteiger partial charge in [-0.3, -0.25) is 0 Å². The van der Waals surface area contributed by atoms with Gasteiger partial charge in [0.25, 0.3) is 5.67 Å². The monoisotopic (exact) mass is 546 g/mol. The summed E-state index contributed by atoms with van der Waals surface area (Å²) in [6.07, 6.45) is -11.5. The fourth-order valence-electron chi connectivity index (χ4n) is 4.19. The van der Waals surface area contributed by atoms with Gasteiger partial charge in [0, 0.05) is 11.4 Å². The second kappa shape index (κ2) is 10.8. The Hall–Kier alpha value is -4.34. The summed E-state index contributed by atoms with van der Waals surface area (Å²) >= 11 is 0. The molecule has 39 heavy (non-hydrogen) atoms. The van der Waals surface area contributed by atoms with Gasteiger partial charge in [-0.15, -0.1) is 0 Å². The predicted molar refractivity (Wildman–Crippen MR) is 136 cm³/mol. The number of rotatable bonds is 9. The minimum atomic E-state index is -6.35. The molecule has 0 amide bonds. The molecule has 0 aliphatic heterocycles. The summed E-state index contributed by atoms with van der Waals surface area (Å²) in [5, 5.41) is 0. The van der Waals surface area contributed by atoms with Crippen LogP contribution in [0.2, 0.25) is 0 Å². The van der Waals surface area contributed by atoms with Crippen molar-refractivity contribution >= 4 is 11.4 Å². The normalized spacial score (nSPS) is 15.1. The van der Waals surface area contributed by atoms with E-state index in [1.54, 1.807) is 12.1 Å². The van der Waals surface area contributed by atoms with Gasteiger partial charge in [-0.2, -0.15) is 22.0 Å². The van der Waals surface area contributed by atoms with Crippen molar-refractivity contribution in [3.05, 3.63) is 120 Å². The molecule has 204 valence electrons. The molecule has 0 spiro atoms. The zero-order chi connectivity index (χ0) is 28.3. The van der Waals surface area contributed by atoms with Crippen LogP contribution in [0, 0.1) is 0 Å². The molecule has 0 saturated heterocycles. The zero-order valence-corrected chi connectivity index (χ0v) is 20.3. The van der Waals surface area contributed by atoms with Crippen LogP contribution >= 0.6 is 0 Å². The lowest BCUT2D eigenvalue weighted by Gasteiger charge is -2.44. The number of nitrogens with two attached hydrogens (primary N) is 2. The van der Waals surface area contributed by atoms with E-state index in [-0.39, 0.29) is 34.0 Å². The van der Waals surface area contributed by atoms with Gasteiger partial charge < -0.3 is 20.9 Å². The maximum absolute atomic E-state index is 17.6. The fraction of sp³-hybridized carbons (Fsp3) is 0.172. The van der Waals surface area contributed by atoms with Crippen molar-refractivity contribution < 1.29 is 35.8 Å². The fourth-order valence-corrected chi connectivity index (χ4v) is 4.19. The largest absolute Gasteiger partial charge is 0.482 e. The SMILES string of the molecule is Nc1cccc(C(Oc2ccccc2)C(F)(C(Oc2ccccc2)c2cccc(N)c2)C(F)(F)C(F)(F)F)c1. The molecule has 0 aromatic heterocycles. The summed E-state index contributed by atoms with van der Waals surface area (Å²) in [5.74, 6) is -6.32. The lowest BCUT2D eigenvalue weighted by molar-refractivity contribution is -0.353. The molecule has 4 aromatic carbocycles. The first-order valence-corrected chi connectivity index (χ1v) is 11.7. The molecule has 2 unspecified atom stereocenters. The average Bonchev–Trinajstić information content (AvgIpc) is 2.90. The molecule has 2 atom stereocenters. The molecule has 4 nitrogen and oxygen atoms in total. The minimum Gasteiger partial charge on any atom is -0.482 e. The van der Waals surface area contributed by atoms with Crippen LogP contribution in [0.4, 0.5) is 37.7 Å². The quantitative estimate of drug-likeness (QED) is 0.167. The van der Waals surface area contributed by atoms with E-state index in [1.165, 1.54) is 72.8 Å². The van der Waals surface area contributed by atoms with E-state index in [1.807, 2.05) is 0 Å². The first-order valence-electron chi connectivity index (χ1n) is 11.7. The van der Waals surface area contributed by atoms with E-state index in [0.717, 1.165) is 24.3 Å². The number of anilines is 2. The smallest absolute Gasteiger partial charge is 0.457 e. The Morgan fingerprint density at radius 2 is 0.897 bits per heavy atom. The Kier molecular flexibility index (Phi) is 7.67. The third-order valence-corrected chi connectivity index (χ3v) is 6.02. The van der Waals surface area contributed by atoms with Crippen LogP contribution < -0.4 is 20.9 Å². The van der Waals surface area contributed by atoms with E-state index < -0.39 is 30.0 Å². The number of hydrogen-bond acceptors (Lipinski definition) is 4. The highest BCUT2D eigenvalue weighted by molar-refractivity contribution is 5.46. The number of hydrogen-bond donors (Lipinski definition) is 2. The topological polar surface area (TPSA) is 70.5 Å². The van der Waals surface area contributed by atoms with Crippen LogP contribution in [0.1, 0.15) is 23.3 Å². The lowest BCUT2D eigenvalue weighted by Crippen LogP contribution is -2.62. The van der Waals surface area contributed by atoms with Gasteiger partial charge in [-0.1, -0.05) is 60.7 Å². The predicted octanol–water partition coefficient (Wildman–Crippen LogP) is 7.70. The van der Waals surface area contributed by atoms with E-state index >= 15 is 13.2 Å². The van der Waals surface area contributed by atoms with Crippen molar-refractivity contribution in [2.75, 3.05) is 11.5 Å². The molecular formula is C29H24F6N2O2. The van der Waals surface area contributed by atoms with Gasteiger partial charge >= 0.3 is 12.1 Å². The van der Waals surface area contributed by atoms with Crippen LogP contribution in [0.15, 0.2) is 109 Å². The van der Waals surface area contributed by atoms with Gasteiger partial charge in [-0.05, 0) is 59.7 Å². The molecule has 0 heterocycles. The first-order chi connectivity index (χ1) is 18.4. The molecule has 10 heteroatoms. The van der Waals surface area contributed by atoms with Crippen molar-refractivity contribution in [2.24, 2.45) is 0 Å². The van der Waals surface area contributed by atoms with Crippen LogP contribution in [0.3, 0.4) is 0 Å². The Morgan fingerprint density at radius 1 is 0.513 bits per heavy atom. The number of para-hydroxylation sites is 2. The number of benzene rings is 4. The molecular weight excluding hydrogens is 522 g/mol. The molecule has 4 rings (SSSR count). The molecule has 0 radical (unpaired) electrons. The molecule has 4 N–H and O–H groups in total. The third kappa shape index (κ3) is 5.59. The summed E-state index contributed by atoms with van der Waals surface area (Å²) < 4.78 is 103. The van der Waals surface area contributed by atoms with Gasteiger partial charge in [-0.25, -0.2) is 4.39 Å². The Labute approximate surface area is 220 Å². The molecule has 4 aromatic rings. The molecule has 0 bridgehead atoms. The summed E-state index contributed by atoms with van der Waals surface area (Å²) in [6, 6.07) is 24.0. The highest BCUT2D eigenvalue weighted by Gasteiger charge is 2.78. The van der Waals surface area contributed by atoms with Crippen LogP contribution in [-0.4, -0.2) is 17.8 Å². The zero-order valence-electron chi connectivity index (χ0n) is 20.3. The van der Waals surface area contributed by atoms with Gasteiger partial charge in [0.05, 0.1) is 0 Å². The van der Waals surface area contributed by atoms with E-state index in [0.29, 0.717) is 0 Å². The number of halogens is 6. The van der Waals surface area contributed by atoms with Crippen LogP contribution in [-0.2, 0) is 0 Å². The highest BCUT2D eigenvalue weighted by atomic mass is 19.4. The average molecular weight is 547 g/mol. The third-order valence-electron chi connectivity index (χ3n) is 6.02. The van der Waals surface area contributed by atoms with Crippen molar-refractivity contribution in [3.63, 3.8) is 0 Å². The maximum Gasteiger partial charge on any atom is 0.457 e. The number of ether oxygens (including phenoxy) is 2. The van der Waals surface area contributed by atoms with E-state index in [2.05, 4.69) is 0 Å². The van der Waals surface area contributed by atoms with Gasteiger partial charge in [0.2, 0.25) is 0 Å². The van der Waals surface area contributed by atoms with Gasteiger partial charge in [0.1, 0.15) is 11.5 Å². The molecule has 0 fully saturated rings. The van der Waals surface area contributed by atoms with Crippen molar-refractivity contribution in [1.29, 1.82) is 0 Å². The van der Waals surface area contributed by atoms with Crippen LogP contribution in [0.25, 0.3) is 0 Å². The summed E-state index contributed by atoms with van der Waals surface area (Å²) in [7, 11) is 0. The lowest BCUT2D eigenvalue weighted by atomic mass is 9.78. The van der Waals surface area contributed by atoms with Crippen molar-refractivity contribution in [3.8, 4) is 11.5 Å². The molecule has 0 aliphatic carbocycles. The van der Waals surface area contributed by atoms with E-state index in [4.69, 9.17) is 20.9 Å². The standard InChI is InChI=1S/C29H24F6N2O2/c30-27(28(31,32)29(33,34)35,25(19-9-7-11-21(36)17-19)38-23-13-3-1-4-14-23)26(20-10-8-12-22(37)18-20)39-24-15-5-2-6-16-24/h1-18,25-26H,36-37H2. The van der Waals surface area contributed by atoms with Crippen molar-refractivity contribution in [1.82, 2.24) is 0 Å². The van der Waals surface area contributed by atoms with Crippen molar-refractivity contribution in [2.45, 2.75) is 30.0 Å². The van der Waals surface area contributed by atoms with E-state index in [9.17, 15) is 13.2 Å². The second-order valence-corrected chi connectivity index (χ2v) is 8.80. The summed E-state index contributed by atoms with van der Waals surface area (Å²) in [6.45, 7) is 0. The maximum atomic E-state index is 17.6.